The van der Waals surface area contributed by atoms with Crippen molar-refractivity contribution in [1.82, 2.24) is 4.90 Å². The van der Waals surface area contributed by atoms with E-state index >= 15 is 0 Å². The highest BCUT2D eigenvalue weighted by atomic mass is 79.9. The van der Waals surface area contributed by atoms with Crippen LogP contribution in [0.15, 0.2) is 51.4 Å². The van der Waals surface area contributed by atoms with E-state index in [1.54, 1.807) is 0 Å². The summed E-state index contributed by atoms with van der Waals surface area (Å²) in [5.74, 6) is 0. The molecule has 2 aromatic carbocycles. The fourth-order valence-corrected chi connectivity index (χ4v) is 3.14. The van der Waals surface area contributed by atoms with Crippen LogP contribution in [0.3, 0.4) is 0 Å². The van der Waals surface area contributed by atoms with Crippen molar-refractivity contribution >= 4 is 43.5 Å². The molecule has 0 aliphatic rings. The summed E-state index contributed by atoms with van der Waals surface area (Å²) in [7, 11) is 2.08. The topological polar surface area (TPSA) is 29.3 Å². The molecule has 0 saturated heterocycles. The van der Waals surface area contributed by atoms with Crippen LogP contribution < -0.4 is 5.73 Å². The number of likely N-dealkylation sites (N-methyl/N-ethyl adjacent to an activating group) is 1. The molecule has 0 heterocycles. The Morgan fingerprint density at radius 1 is 1.14 bits per heavy atom. The first-order valence-corrected chi connectivity index (χ1v) is 8.58. The lowest BCUT2D eigenvalue weighted by atomic mass is 10.0. The maximum atomic E-state index is 6.19. The fraction of sp³-hybridized carbons (Fsp3) is 0.250. The summed E-state index contributed by atoms with van der Waals surface area (Å²) < 4.78 is 2.01. The zero-order valence-corrected chi connectivity index (χ0v) is 15.6. The standard InChI is InChI=1S/C16H17Br2ClN2/c1-21(10-12-4-2-3-5-13(12)17)16(9-20)11-6-7-14(18)15(19)8-11/h2-8,16H,9-10,20H2,1H3. The molecule has 2 N–H and O–H groups in total. The van der Waals surface area contributed by atoms with E-state index in [1.165, 1.54) is 5.56 Å². The third-order valence-electron chi connectivity index (χ3n) is 3.46. The third-order valence-corrected chi connectivity index (χ3v) is 5.47. The van der Waals surface area contributed by atoms with E-state index in [2.05, 4.69) is 62.0 Å². The number of nitrogens with two attached hydrogens (primary N) is 1. The highest BCUT2D eigenvalue weighted by Gasteiger charge is 2.17. The quantitative estimate of drug-likeness (QED) is 0.721. The lowest BCUT2D eigenvalue weighted by Gasteiger charge is -2.28. The molecule has 0 spiro atoms. The van der Waals surface area contributed by atoms with Gasteiger partial charge in [0.1, 0.15) is 0 Å². The van der Waals surface area contributed by atoms with E-state index in [0.717, 1.165) is 21.1 Å². The van der Waals surface area contributed by atoms with Gasteiger partial charge in [-0.3, -0.25) is 4.90 Å². The molecule has 0 aliphatic heterocycles. The zero-order chi connectivity index (χ0) is 15.4. The minimum Gasteiger partial charge on any atom is -0.329 e. The largest absolute Gasteiger partial charge is 0.329 e. The van der Waals surface area contributed by atoms with Crippen LogP contribution in [0.1, 0.15) is 17.2 Å². The van der Waals surface area contributed by atoms with Gasteiger partial charge in [0.15, 0.2) is 0 Å². The van der Waals surface area contributed by atoms with Crippen molar-refractivity contribution in [2.24, 2.45) is 5.73 Å². The van der Waals surface area contributed by atoms with Crippen LogP contribution >= 0.6 is 43.5 Å². The van der Waals surface area contributed by atoms with Crippen LogP contribution in [0.4, 0.5) is 0 Å². The highest BCUT2D eigenvalue weighted by Crippen LogP contribution is 2.29. The minimum absolute atomic E-state index is 0.128. The first kappa shape index (κ1) is 17.0. The summed E-state index contributed by atoms with van der Waals surface area (Å²) in [6, 6.07) is 14.4. The van der Waals surface area contributed by atoms with E-state index in [9.17, 15) is 0 Å². The average molecular weight is 433 g/mol. The van der Waals surface area contributed by atoms with Gasteiger partial charge in [-0.25, -0.2) is 0 Å². The van der Waals surface area contributed by atoms with Crippen molar-refractivity contribution in [3.8, 4) is 0 Å². The molecule has 112 valence electrons. The van der Waals surface area contributed by atoms with Gasteiger partial charge in [-0.1, -0.05) is 51.8 Å². The molecule has 2 aromatic rings. The summed E-state index contributed by atoms with van der Waals surface area (Å²) >= 11 is 13.2. The van der Waals surface area contributed by atoms with Crippen LogP contribution in [-0.4, -0.2) is 18.5 Å². The lowest BCUT2D eigenvalue weighted by Crippen LogP contribution is -2.30. The smallest absolute Gasteiger partial charge is 0.0551 e. The Morgan fingerprint density at radius 3 is 2.48 bits per heavy atom. The first-order chi connectivity index (χ1) is 10.0. The molecular formula is C16H17Br2ClN2. The van der Waals surface area contributed by atoms with Gasteiger partial charge in [0, 0.05) is 28.1 Å². The first-order valence-electron chi connectivity index (χ1n) is 6.61. The molecule has 5 heteroatoms. The van der Waals surface area contributed by atoms with Crippen LogP contribution in [0.5, 0.6) is 0 Å². The Labute approximate surface area is 147 Å². The monoisotopic (exact) mass is 430 g/mol. The molecule has 0 aliphatic carbocycles. The predicted molar refractivity (Wildman–Crippen MR) is 96.6 cm³/mol. The summed E-state index contributed by atoms with van der Waals surface area (Å²) in [6.45, 7) is 1.36. The Balaban J connectivity index is 2.20. The molecule has 0 bridgehead atoms. The van der Waals surface area contributed by atoms with E-state index in [1.807, 2.05) is 24.3 Å². The van der Waals surface area contributed by atoms with Crippen LogP contribution in [0.2, 0.25) is 5.02 Å². The van der Waals surface area contributed by atoms with Crippen molar-refractivity contribution in [1.29, 1.82) is 0 Å². The molecule has 1 atom stereocenters. The van der Waals surface area contributed by atoms with Gasteiger partial charge in [0.2, 0.25) is 0 Å². The van der Waals surface area contributed by atoms with Crippen LogP contribution in [-0.2, 0) is 6.54 Å². The summed E-state index contributed by atoms with van der Waals surface area (Å²) in [5.41, 5.74) is 8.34. The molecule has 2 rings (SSSR count). The molecule has 1 unspecified atom stereocenters. The van der Waals surface area contributed by atoms with Gasteiger partial charge >= 0.3 is 0 Å². The number of halogens is 3. The molecule has 0 saturated carbocycles. The highest BCUT2D eigenvalue weighted by molar-refractivity contribution is 9.10. The van der Waals surface area contributed by atoms with E-state index < -0.39 is 0 Å². The maximum absolute atomic E-state index is 6.19. The number of hydrogen-bond donors (Lipinski definition) is 1. The molecule has 0 radical (unpaired) electrons. The fourth-order valence-electron chi connectivity index (χ4n) is 2.30. The van der Waals surface area contributed by atoms with Crippen molar-refractivity contribution in [3.05, 3.63) is 67.6 Å². The Bertz CT molecular complexity index is 619. The van der Waals surface area contributed by atoms with Crippen LogP contribution in [0, 0.1) is 0 Å². The Kier molecular flexibility index (Phi) is 6.26. The normalized spacial score (nSPS) is 12.7. The second-order valence-electron chi connectivity index (χ2n) is 4.93. The van der Waals surface area contributed by atoms with Gasteiger partial charge < -0.3 is 5.73 Å². The molecular weight excluding hydrogens is 415 g/mol. The summed E-state index contributed by atoms with van der Waals surface area (Å²) in [6.07, 6.45) is 0. The van der Waals surface area contributed by atoms with Crippen molar-refractivity contribution in [2.45, 2.75) is 12.6 Å². The van der Waals surface area contributed by atoms with Crippen molar-refractivity contribution < 1.29 is 0 Å². The lowest BCUT2D eigenvalue weighted by molar-refractivity contribution is 0.241. The van der Waals surface area contributed by atoms with Crippen LogP contribution in [0.25, 0.3) is 0 Å². The van der Waals surface area contributed by atoms with E-state index in [-0.39, 0.29) is 6.04 Å². The van der Waals surface area contributed by atoms with E-state index in [0.29, 0.717) is 11.6 Å². The number of rotatable bonds is 5. The molecule has 2 nitrogen and oxygen atoms in total. The SMILES string of the molecule is CN(Cc1ccccc1Br)C(CN)c1ccc(Br)c(Cl)c1. The number of hydrogen-bond acceptors (Lipinski definition) is 2. The molecule has 21 heavy (non-hydrogen) atoms. The summed E-state index contributed by atoms with van der Waals surface area (Å²) in [4.78, 5) is 2.24. The molecule has 0 amide bonds. The zero-order valence-electron chi connectivity index (χ0n) is 11.7. The van der Waals surface area contributed by atoms with Gasteiger partial charge in [-0.2, -0.15) is 0 Å². The minimum atomic E-state index is 0.128. The van der Waals surface area contributed by atoms with Crippen molar-refractivity contribution in [3.63, 3.8) is 0 Å². The summed E-state index contributed by atoms with van der Waals surface area (Å²) in [5, 5.41) is 0.709. The maximum Gasteiger partial charge on any atom is 0.0551 e. The Hall–Kier alpha value is -0.390. The van der Waals surface area contributed by atoms with E-state index in [4.69, 9.17) is 17.3 Å². The second kappa shape index (κ2) is 7.75. The van der Waals surface area contributed by atoms with Gasteiger partial charge in [-0.15, -0.1) is 0 Å². The number of benzene rings is 2. The average Bonchev–Trinajstić information content (AvgIpc) is 2.46. The second-order valence-corrected chi connectivity index (χ2v) is 7.05. The van der Waals surface area contributed by atoms with Gasteiger partial charge in [0.25, 0.3) is 0 Å². The number of nitrogens with zero attached hydrogens (tertiary/aromatic N) is 1. The van der Waals surface area contributed by atoms with Gasteiger partial charge in [0.05, 0.1) is 5.02 Å². The van der Waals surface area contributed by atoms with Crippen molar-refractivity contribution in [2.75, 3.05) is 13.6 Å². The Morgan fingerprint density at radius 2 is 1.86 bits per heavy atom. The molecule has 0 fully saturated rings. The predicted octanol–water partition coefficient (Wildman–Crippen LogP) is 5.00. The van der Waals surface area contributed by atoms with Gasteiger partial charge in [-0.05, 0) is 52.3 Å². The third kappa shape index (κ3) is 4.30. The molecule has 0 aromatic heterocycles.